The molecule has 0 saturated carbocycles. The second-order valence-corrected chi connectivity index (χ2v) is 6.80. The fraction of sp³-hybridized carbons (Fsp3) is 0.588. The van der Waals surface area contributed by atoms with Crippen LogP contribution in [0.3, 0.4) is 0 Å². The molecule has 0 spiro atoms. The number of hydrogen-bond donors (Lipinski definition) is 1. The van der Waals surface area contributed by atoms with Crippen molar-refractivity contribution in [2.75, 3.05) is 5.32 Å². The monoisotopic (exact) mass is 301 g/mol. The van der Waals surface area contributed by atoms with Crippen LogP contribution in [0.2, 0.25) is 0 Å². The van der Waals surface area contributed by atoms with E-state index in [0.717, 1.165) is 29.5 Å². The van der Waals surface area contributed by atoms with Crippen LogP contribution < -0.4 is 5.32 Å². The van der Waals surface area contributed by atoms with E-state index in [1.165, 1.54) is 5.56 Å². The smallest absolute Gasteiger partial charge is 0.130 e. The lowest BCUT2D eigenvalue weighted by atomic mass is 10.1. The Morgan fingerprint density at radius 3 is 2.45 bits per heavy atom. The minimum absolute atomic E-state index is 0.0103. The van der Waals surface area contributed by atoms with Crippen LogP contribution in [0.25, 0.3) is 0 Å². The second kappa shape index (κ2) is 6.07. The highest BCUT2D eigenvalue weighted by Crippen LogP contribution is 2.24. The van der Waals surface area contributed by atoms with Crippen LogP contribution in [0.1, 0.15) is 63.4 Å². The fourth-order valence-electron chi connectivity index (χ4n) is 2.43. The normalized spacial score (nSPS) is 13.2. The Kier molecular flexibility index (Phi) is 4.54. The molecule has 1 N–H and O–H groups in total. The van der Waals surface area contributed by atoms with Gasteiger partial charge in [0.1, 0.15) is 11.6 Å². The van der Waals surface area contributed by atoms with Crippen molar-refractivity contribution in [1.82, 2.24) is 19.7 Å². The van der Waals surface area contributed by atoms with Crippen LogP contribution in [0.5, 0.6) is 0 Å². The van der Waals surface area contributed by atoms with Crippen molar-refractivity contribution in [2.24, 2.45) is 0 Å². The molecule has 0 saturated heterocycles. The predicted octanol–water partition coefficient (Wildman–Crippen LogP) is 3.78. The maximum atomic E-state index is 4.64. The Balaban J connectivity index is 2.24. The van der Waals surface area contributed by atoms with Crippen molar-refractivity contribution in [2.45, 2.75) is 66.5 Å². The maximum absolute atomic E-state index is 4.64. The molecule has 0 radical (unpaired) electrons. The minimum Gasteiger partial charge on any atom is -0.363 e. The Labute approximate surface area is 133 Å². The topological polar surface area (TPSA) is 55.6 Å². The van der Waals surface area contributed by atoms with Gasteiger partial charge in [0.25, 0.3) is 0 Å². The molecule has 22 heavy (non-hydrogen) atoms. The third-order valence-corrected chi connectivity index (χ3v) is 3.71. The molecule has 0 fully saturated rings. The molecule has 1 atom stereocenters. The van der Waals surface area contributed by atoms with Gasteiger partial charge in [0.05, 0.1) is 17.3 Å². The third kappa shape index (κ3) is 3.64. The van der Waals surface area contributed by atoms with E-state index in [0.29, 0.717) is 0 Å². The van der Waals surface area contributed by atoms with Crippen LogP contribution in [0.4, 0.5) is 5.82 Å². The highest BCUT2D eigenvalue weighted by molar-refractivity contribution is 5.40. The lowest BCUT2D eigenvalue weighted by Crippen LogP contribution is -2.22. The summed E-state index contributed by atoms with van der Waals surface area (Å²) in [7, 11) is 0. The average molecular weight is 301 g/mol. The molecular weight excluding hydrogens is 274 g/mol. The summed E-state index contributed by atoms with van der Waals surface area (Å²) in [6.45, 7) is 14.7. The summed E-state index contributed by atoms with van der Waals surface area (Å²) < 4.78 is 2.03. The van der Waals surface area contributed by atoms with Crippen molar-refractivity contribution in [3.63, 3.8) is 0 Å². The molecule has 0 aliphatic carbocycles. The zero-order valence-electron chi connectivity index (χ0n) is 14.7. The number of hydrogen-bond acceptors (Lipinski definition) is 4. The summed E-state index contributed by atoms with van der Waals surface area (Å²) in [4.78, 5) is 8.90. The molecule has 0 aromatic carbocycles. The van der Waals surface area contributed by atoms with Crippen molar-refractivity contribution >= 4 is 5.82 Å². The summed E-state index contributed by atoms with van der Waals surface area (Å²) in [5.74, 6) is 1.68. The highest BCUT2D eigenvalue weighted by Gasteiger charge is 2.19. The first kappa shape index (κ1) is 16.5. The van der Waals surface area contributed by atoms with Crippen LogP contribution in [0.15, 0.2) is 12.3 Å². The van der Waals surface area contributed by atoms with Gasteiger partial charge in [-0.25, -0.2) is 9.97 Å². The van der Waals surface area contributed by atoms with Crippen LogP contribution in [-0.4, -0.2) is 19.7 Å². The number of anilines is 1. The zero-order valence-corrected chi connectivity index (χ0v) is 14.7. The fourth-order valence-corrected chi connectivity index (χ4v) is 2.43. The van der Waals surface area contributed by atoms with Crippen LogP contribution >= 0.6 is 0 Å². The van der Waals surface area contributed by atoms with E-state index < -0.39 is 0 Å². The van der Waals surface area contributed by atoms with Crippen LogP contribution in [0, 0.1) is 13.8 Å². The maximum Gasteiger partial charge on any atom is 0.130 e. The van der Waals surface area contributed by atoms with Gasteiger partial charge in [-0.15, -0.1) is 0 Å². The molecule has 2 heterocycles. The largest absolute Gasteiger partial charge is 0.363 e. The summed E-state index contributed by atoms with van der Waals surface area (Å²) in [6, 6.07) is 2.17. The van der Waals surface area contributed by atoms with E-state index in [9.17, 15) is 0 Å². The Morgan fingerprint density at radius 2 is 1.91 bits per heavy atom. The summed E-state index contributed by atoms with van der Waals surface area (Å²) >= 11 is 0. The van der Waals surface area contributed by atoms with Crippen molar-refractivity contribution in [3.8, 4) is 0 Å². The average Bonchev–Trinajstić information content (AvgIpc) is 2.80. The number of aryl methyl sites for hydroxylation is 3. The summed E-state index contributed by atoms with van der Waals surface area (Å²) in [6.07, 6.45) is 3.04. The predicted molar refractivity (Wildman–Crippen MR) is 90.1 cm³/mol. The van der Waals surface area contributed by atoms with Gasteiger partial charge >= 0.3 is 0 Å². The highest BCUT2D eigenvalue weighted by atomic mass is 15.3. The molecule has 120 valence electrons. The molecule has 0 aliphatic heterocycles. The quantitative estimate of drug-likeness (QED) is 0.933. The van der Waals surface area contributed by atoms with Gasteiger partial charge < -0.3 is 5.32 Å². The molecule has 0 amide bonds. The Morgan fingerprint density at radius 1 is 1.23 bits per heavy atom. The van der Waals surface area contributed by atoms with Gasteiger partial charge in [-0.3, -0.25) is 4.68 Å². The molecule has 2 aromatic heterocycles. The second-order valence-electron chi connectivity index (χ2n) is 6.80. The summed E-state index contributed by atoms with van der Waals surface area (Å²) in [5, 5.41) is 8.11. The van der Waals surface area contributed by atoms with Gasteiger partial charge in [0.15, 0.2) is 0 Å². The van der Waals surface area contributed by atoms with Gasteiger partial charge in [-0.05, 0) is 48.0 Å². The van der Waals surface area contributed by atoms with Gasteiger partial charge in [-0.2, -0.15) is 5.10 Å². The molecule has 0 aliphatic rings. The Bertz CT molecular complexity index is 652. The van der Waals surface area contributed by atoms with Crippen molar-refractivity contribution < 1.29 is 0 Å². The van der Waals surface area contributed by atoms with Gasteiger partial charge in [-0.1, -0.05) is 6.92 Å². The molecule has 2 rings (SSSR count). The number of aromatic nitrogens is 4. The minimum atomic E-state index is -0.0103. The SMILES string of the molecule is CCc1cc(NC(C)c2cn(C(C)(C)C)nc2C)nc(C)n1. The van der Waals surface area contributed by atoms with E-state index in [1.807, 2.05) is 17.7 Å². The Hall–Kier alpha value is -1.91. The van der Waals surface area contributed by atoms with E-state index in [-0.39, 0.29) is 11.6 Å². The summed E-state index contributed by atoms with van der Waals surface area (Å²) in [5.41, 5.74) is 3.30. The zero-order chi connectivity index (χ0) is 16.5. The van der Waals surface area contributed by atoms with Crippen LogP contribution in [-0.2, 0) is 12.0 Å². The molecule has 2 aromatic rings. The van der Waals surface area contributed by atoms with E-state index >= 15 is 0 Å². The molecule has 0 bridgehead atoms. The van der Waals surface area contributed by atoms with E-state index in [4.69, 9.17) is 0 Å². The standard InChI is InChI=1S/C17H27N5/c1-8-14-9-16(20-13(4)19-14)18-11(2)15-10-22(17(5,6)7)21-12(15)3/h9-11H,8H2,1-7H3,(H,18,19,20). The first-order valence-corrected chi connectivity index (χ1v) is 7.88. The lowest BCUT2D eigenvalue weighted by molar-refractivity contribution is 0.354. The van der Waals surface area contributed by atoms with Crippen molar-refractivity contribution in [1.29, 1.82) is 0 Å². The first-order valence-electron chi connectivity index (χ1n) is 7.88. The van der Waals surface area contributed by atoms with Crippen molar-refractivity contribution in [3.05, 3.63) is 35.0 Å². The molecule has 5 nitrogen and oxygen atoms in total. The van der Waals surface area contributed by atoms with E-state index in [1.54, 1.807) is 0 Å². The molecular formula is C17H27N5. The number of rotatable bonds is 4. The third-order valence-electron chi connectivity index (χ3n) is 3.71. The van der Waals surface area contributed by atoms with Gasteiger partial charge in [0.2, 0.25) is 0 Å². The van der Waals surface area contributed by atoms with E-state index in [2.05, 4.69) is 68.1 Å². The first-order chi connectivity index (χ1) is 10.2. The van der Waals surface area contributed by atoms with Gasteiger partial charge in [0, 0.05) is 23.5 Å². The number of nitrogens with zero attached hydrogens (tertiary/aromatic N) is 4. The molecule has 5 heteroatoms. The lowest BCUT2D eigenvalue weighted by Gasteiger charge is -2.19. The molecule has 1 unspecified atom stereocenters. The number of nitrogens with one attached hydrogen (secondary N) is 1.